The standard InChI is InChI=1S/C16H27NO3S/c1-5-8-20-9-6-7-17-12-13-10-14(18-2)15(19-3)11-16(13)21-4/h10-11,17H,5-9,12H2,1-4H3. The predicted octanol–water partition coefficient (Wildman–Crippen LogP) is 3.33. The molecular formula is C16H27NO3S. The van der Waals surface area contributed by atoms with Crippen molar-refractivity contribution < 1.29 is 14.2 Å². The summed E-state index contributed by atoms with van der Waals surface area (Å²) in [7, 11) is 3.33. The lowest BCUT2D eigenvalue weighted by atomic mass is 10.2. The van der Waals surface area contributed by atoms with Crippen LogP contribution in [-0.2, 0) is 11.3 Å². The van der Waals surface area contributed by atoms with Crippen molar-refractivity contribution in [3.63, 3.8) is 0 Å². The molecule has 0 spiro atoms. The average molecular weight is 313 g/mol. The second kappa shape index (κ2) is 10.8. The lowest BCUT2D eigenvalue weighted by molar-refractivity contribution is 0.132. The molecule has 1 rings (SSSR count). The van der Waals surface area contributed by atoms with Crippen LogP contribution in [0.1, 0.15) is 25.3 Å². The van der Waals surface area contributed by atoms with E-state index in [1.54, 1.807) is 26.0 Å². The van der Waals surface area contributed by atoms with E-state index in [1.807, 2.05) is 12.1 Å². The van der Waals surface area contributed by atoms with Gasteiger partial charge in [0.15, 0.2) is 11.5 Å². The zero-order valence-corrected chi connectivity index (χ0v) is 14.3. The fourth-order valence-corrected chi connectivity index (χ4v) is 2.62. The van der Waals surface area contributed by atoms with Gasteiger partial charge in [0.2, 0.25) is 0 Å². The van der Waals surface area contributed by atoms with Gasteiger partial charge in [-0.25, -0.2) is 0 Å². The smallest absolute Gasteiger partial charge is 0.161 e. The molecule has 0 aromatic heterocycles. The van der Waals surface area contributed by atoms with Crippen LogP contribution in [0.15, 0.2) is 17.0 Å². The maximum absolute atomic E-state index is 5.47. The fourth-order valence-electron chi connectivity index (χ4n) is 2.00. The molecule has 0 unspecified atom stereocenters. The van der Waals surface area contributed by atoms with Crippen LogP contribution in [0.5, 0.6) is 11.5 Å². The Hall–Kier alpha value is -0.910. The molecule has 1 N–H and O–H groups in total. The van der Waals surface area contributed by atoms with E-state index in [1.165, 1.54) is 10.5 Å². The SMILES string of the molecule is CCCOCCCNCc1cc(OC)c(OC)cc1SC. The Morgan fingerprint density at radius 1 is 1.10 bits per heavy atom. The monoisotopic (exact) mass is 313 g/mol. The highest BCUT2D eigenvalue weighted by atomic mass is 32.2. The number of rotatable bonds is 11. The second-order valence-electron chi connectivity index (χ2n) is 4.66. The van der Waals surface area contributed by atoms with Crippen molar-refractivity contribution in [1.82, 2.24) is 5.32 Å². The van der Waals surface area contributed by atoms with E-state index in [9.17, 15) is 0 Å². The number of hydrogen-bond acceptors (Lipinski definition) is 5. The normalized spacial score (nSPS) is 10.7. The molecule has 0 aliphatic rings. The highest BCUT2D eigenvalue weighted by Crippen LogP contribution is 2.34. The summed E-state index contributed by atoms with van der Waals surface area (Å²) in [5.41, 5.74) is 1.23. The molecule has 0 amide bonds. The molecule has 5 heteroatoms. The Morgan fingerprint density at radius 3 is 2.43 bits per heavy atom. The first-order valence-electron chi connectivity index (χ1n) is 7.34. The quantitative estimate of drug-likeness (QED) is 0.501. The van der Waals surface area contributed by atoms with Gasteiger partial charge in [0.05, 0.1) is 14.2 Å². The van der Waals surface area contributed by atoms with Gasteiger partial charge in [-0.1, -0.05) is 6.92 Å². The Bertz CT molecular complexity index is 413. The maximum atomic E-state index is 5.47. The summed E-state index contributed by atoms with van der Waals surface area (Å²) in [6, 6.07) is 4.08. The lowest BCUT2D eigenvalue weighted by Gasteiger charge is -2.14. The van der Waals surface area contributed by atoms with Crippen LogP contribution in [0, 0.1) is 0 Å². The summed E-state index contributed by atoms with van der Waals surface area (Å²) in [6.07, 6.45) is 4.18. The van der Waals surface area contributed by atoms with Gasteiger partial charge < -0.3 is 19.5 Å². The molecule has 0 aliphatic carbocycles. The van der Waals surface area contributed by atoms with Crippen LogP contribution in [0.2, 0.25) is 0 Å². The molecule has 0 radical (unpaired) electrons. The van der Waals surface area contributed by atoms with Crippen molar-refractivity contribution >= 4 is 11.8 Å². The summed E-state index contributed by atoms with van der Waals surface area (Å²) in [4.78, 5) is 1.21. The second-order valence-corrected chi connectivity index (χ2v) is 5.51. The third kappa shape index (κ3) is 6.16. The summed E-state index contributed by atoms with van der Waals surface area (Å²) in [5, 5.41) is 3.45. The number of methoxy groups -OCH3 is 2. The van der Waals surface area contributed by atoms with Crippen LogP contribution in [0.3, 0.4) is 0 Å². The van der Waals surface area contributed by atoms with Crippen molar-refractivity contribution in [2.75, 3.05) is 40.2 Å². The fraction of sp³-hybridized carbons (Fsp3) is 0.625. The highest BCUT2D eigenvalue weighted by Gasteiger charge is 2.10. The summed E-state index contributed by atoms with van der Waals surface area (Å²) in [5.74, 6) is 1.55. The summed E-state index contributed by atoms with van der Waals surface area (Å²) >= 11 is 1.72. The van der Waals surface area contributed by atoms with Gasteiger partial charge in [0.25, 0.3) is 0 Å². The average Bonchev–Trinajstić information content (AvgIpc) is 2.53. The predicted molar refractivity (Wildman–Crippen MR) is 88.8 cm³/mol. The van der Waals surface area contributed by atoms with Gasteiger partial charge in [0, 0.05) is 24.7 Å². The Balaban J connectivity index is 2.49. The Kier molecular flexibility index (Phi) is 9.30. The number of thioether (sulfide) groups is 1. The molecule has 0 bridgehead atoms. The van der Waals surface area contributed by atoms with Crippen molar-refractivity contribution in [2.45, 2.75) is 31.2 Å². The van der Waals surface area contributed by atoms with Crippen LogP contribution in [0.4, 0.5) is 0 Å². The number of benzene rings is 1. The molecule has 120 valence electrons. The van der Waals surface area contributed by atoms with Gasteiger partial charge >= 0.3 is 0 Å². The van der Waals surface area contributed by atoms with E-state index < -0.39 is 0 Å². The van der Waals surface area contributed by atoms with Crippen molar-refractivity contribution in [3.8, 4) is 11.5 Å². The molecule has 0 atom stereocenters. The van der Waals surface area contributed by atoms with Gasteiger partial charge in [-0.2, -0.15) is 0 Å². The summed E-state index contributed by atoms with van der Waals surface area (Å²) in [6.45, 7) is 5.57. The van der Waals surface area contributed by atoms with Crippen LogP contribution >= 0.6 is 11.8 Å². The molecule has 1 aromatic rings. The maximum Gasteiger partial charge on any atom is 0.161 e. The minimum absolute atomic E-state index is 0.776. The van der Waals surface area contributed by atoms with Crippen LogP contribution < -0.4 is 14.8 Å². The van der Waals surface area contributed by atoms with Gasteiger partial charge in [0.1, 0.15) is 0 Å². The molecule has 0 aliphatic heterocycles. The molecular weight excluding hydrogens is 286 g/mol. The highest BCUT2D eigenvalue weighted by molar-refractivity contribution is 7.98. The van der Waals surface area contributed by atoms with Crippen LogP contribution in [-0.4, -0.2) is 40.2 Å². The Morgan fingerprint density at radius 2 is 1.81 bits per heavy atom. The zero-order chi connectivity index (χ0) is 15.5. The third-order valence-electron chi connectivity index (χ3n) is 3.09. The van der Waals surface area contributed by atoms with E-state index >= 15 is 0 Å². The topological polar surface area (TPSA) is 39.7 Å². The van der Waals surface area contributed by atoms with Gasteiger partial charge in [-0.05, 0) is 43.3 Å². The number of nitrogens with one attached hydrogen (secondary N) is 1. The lowest BCUT2D eigenvalue weighted by Crippen LogP contribution is -2.17. The molecule has 0 saturated heterocycles. The molecule has 0 fully saturated rings. The van der Waals surface area contributed by atoms with Gasteiger partial charge in [-0.15, -0.1) is 11.8 Å². The Labute approximate surface area is 132 Å². The first kappa shape index (κ1) is 18.1. The first-order chi connectivity index (χ1) is 10.3. The third-order valence-corrected chi connectivity index (χ3v) is 3.91. The van der Waals surface area contributed by atoms with Crippen molar-refractivity contribution in [1.29, 1.82) is 0 Å². The van der Waals surface area contributed by atoms with Crippen molar-refractivity contribution in [3.05, 3.63) is 17.7 Å². The van der Waals surface area contributed by atoms with Gasteiger partial charge in [-0.3, -0.25) is 0 Å². The van der Waals surface area contributed by atoms with Crippen LogP contribution in [0.25, 0.3) is 0 Å². The molecule has 4 nitrogen and oxygen atoms in total. The molecule has 0 heterocycles. The minimum atomic E-state index is 0.776. The molecule has 21 heavy (non-hydrogen) atoms. The molecule has 0 saturated carbocycles. The zero-order valence-electron chi connectivity index (χ0n) is 13.5. The van der Waals surface area contributed by atoms with E-state index in [0.29, 0.717) is 0 Å². The largest absolute Gasteiger partial charge is 0.493 e. The number of ether oxygens (including phenoxy) is 3. The van der Waals surface area contributed by atoms with E-state index in [0.717, 1.165) is 50.6 Å². The van der Waals surface area contributed by atoms with Crippen molar-refractivity contribution in [2.24, 2.45) is 0 Å². The molecule has 1 aromatic carbocycles. The van der Waals surface area contributed by atoms with E-state index in [-0.39, 0.29) is 0 Å². The van der Waals surface area contributed by atoms with E-state index in [4.69, 9.17) is 14.2 Å². The summed E-state index contributed by atoms with van der Waals surface area (Å²) < 4.78 is 16.2. The number of hydrogen-bond donors (Lipinski definition) is 1. The minimum Gasteiger partial charge on any atom is -0.493 e. The first-order valence-corrected chi connectivity index (χ1v) is 8.56. The van der Waals surface area contributed by atoms with E-state index in [2.05, 4.69) is 18.5 Å².